The molecule has 0 heterocycles. The molecule has 0 bridgehead atoms. The molecule has 0 aromatic heterocycles. The molecule has 2 rings (SSSR count). The van der Waals surface area contributed by atoms with Crippen LogP contribution < -0.4 is 10.6 Å². The summed E-state index contributed by atoms with van der Waals surface area (Å²) < 4.78 is 13.4. The van der Waals surface area contributed by atoms with E-state index in [1.807, 2.05) is 31.2 Å². The minimum Gasteiger partial charge on any atom is -0.352 e. The van der Waals surface area contributed by atoms with Crippen molar-refractivity contribution in [2.45, 2.75) is 19.9 Å². The molecular formula is C17H17FN2O2. The van der Waals surface area contributed by atoms with Crippen LogP contribution in [0.5, 0.6) is 0 Å². The number of amides is 2. The highest BCUT2D eigenvalue weighted by Gasteiger charge is 2.11. The van der Waals surface area contributed by atoms with Crippen LogP contribution in [0.2, 0.25) is 0 Å². The number of halogens is 1. The minimum atomic E-state index is -0.549. The number of hydrogen-bond donors (Lipinski definition) is 2. The molecule has 2 amide bonds. The fourth-order valence-corrected chi connectivity index (χ4v) is 1.99. The van der Waals surface area contributed by atoms with Crippen molar-refractivity contribution in [2.24, 2.45) is 0 Å². The minimum absolute atomic E-state index is 0.0685. The van der Waals surface area contributed by atoms with E-state index in [-0.39, 0.29) is 12.1 Å². The number of carbonyl (C=O) groups is 2. The van der Waals surface area contributed by atoms with Crippen molar-refractivity contribution >= 4 is 17.5 Å². The highest BCUT2D eigenvalue weighted by Crippen LogP contribution is 2.12. The monoisotopic (exact) mass is 300 g/mol. The predicted octanol–water partition coefficient (Wildman–Crippen LogP) is 2.78. The van der Waals surface area contributed by atoms with Gasteiger partial charge in [-0.05, 0) is 24.6 Å². The smallest absolute Gasteiger partial charge is 0.233 e. The third-order valence-electron chi connectivity index (χ3n) is 3.04. The number of rotatable bonds is 5. The van der Waals surface area contributed by atoms with Crippen molar-refractivity contribution in [2.75, 3.05) is 5.32 Å². The van der Waals surface area contributed by atoms with Gasteiger partial charge in [0.25, 0.3) is 0 Å². The van der Waals surface area contributed by atoms with Gasteiger partial charge in [0.05, 0.1) is 5.69 Å². The molecule has 0 spiro atoms. The molecule has 0 unspecified atom stereocenters. The third kappa shape index (κ3) is 4.70. The van der Waals surface area contributed by atoms with Crippen LogP contribution in [0.1, 0.15) is 17.5 Å². The lowest BCUT2D eigenvalue weighted by molar-refractivity contribution is -0.126. The van der Waals surface area contributed by atoms with Gasteiger partial charge in [-0.3, -0.25) is 9.59 Å². The lowest BCUT2D eigenvalue weighted by Crippen LogP contribution is -2.27. The standard InChI is InChI=1S/C17H17FN2O2/c1-12-5-4-6-13(9-12)11-19-16(21)10-17(22)20-15-8-3-2-7-14(15)18/h2-9H,10-11H2,1H3,(H,19,21)(H,20,22). The second-order valence-corrected chi connectivity index (χ2v) is 4.97. The summed E-state index contributed by atoms with van der Waals surface area (Å²) in [6.07, 6.45) is -0.347. The van der Waals surface area contributed by atoms with Crippen molar-refractivity contribution in [3.8, 4) is 0 Å². The maximum Gasteiger partial charge on any atom is 0.233 e. The van der Waals surface area contributed by atoms with Gasteiger partial charge in [-0.25, -0.2) is 4.39 Å². The highest BCUT2D eigenvalue weighted by molar-refractivity contribution is 6.03. The second-order valence-electron chi connectivity index (χ2n) is 4.97. The van der Waals surface area contributed by atoms with E-state index in [9.17, 15) is 14.0 Å². The molecule has 0 fully saturated rings. The lowest BCUT2D eigenvalue weighted by Gasteiger charge is -2.08. The van der Waals surface area contributed by atoms with E-state index in [2.05, 4.69) is 10.6 Å². The summed E-state index contributed by atoms with van der Waals surface area (Å²) in [4.78, 5) is 23.4. The Morgan fingerprint density at radius 2 is 1.82 bits per heavy atom. The summed E-state index contributed by atoms with van der Waals surface area (Å²) in [5.74, 6) is -1.49. The van der Waals surface area contributed by atoms with Crippen LogP contribution in [-0.2, 0) is 16.1 Å². The number of para-hydroxylation sites is 1. The van der Waals surface area contributed by atoms with Gasteiger partial charge in [0.1, 0.15) is 12.2 Å². The second kappa shape index (κ2) is 7.36. The zero-order valence-corrected chi connectivity index (χ0v) is 12.2. The number of nitrogens with one attached hydrogen (secondary N) is 2. The normalized spacial score (nSPS) is 10.1. The van der Waals surface area contributed by atoms with Gasteiger partial charge in [-0.2, -0.15) is 0 Å². The van der Waals surface area contributed by atoms with E-state index < -0.39 is 17.6 Å². The molecule has 0 aliphatic carbocycles. The molecule has 2 aromatic rings. The van der Waals surface area contributed by atoms with Crippen LogP contribution in [0, 0.1) is 12.7 Å². The molecular weight excluding hydrogens is 283 g/mol. The number of aryl methyl sites for hydroxylation is 1. The molecule has 5 heteroatoms. The molecule has 22 heavy (non-hydrogen) atoms. The maximum absolute atomic E-state index is 13.4. The first kappa shape index (κ1) is 15.7. The van der Waals surface area contributed by atoms with Gasteiger partial charge < -0.3 is 10.6 Å². The fourth-order valence-electron chi connectivity index (χ4n) is 1.99. The molecule has 0 saturated heterocycles. The first-order valence-corrected chi connectivity index (χ1v) is 6.91. The maximum atomic E-state index is 13.4. The number of carbonyl (C=O) groups excluding carboxylic acids is 2. The van der Waals surface area contributed by atoms with Crippen LogP contribution in [-0.4, -0.2) is 11.8 Å². The molecule has 0 saturated carbocycles. The number of anilines is 1. The van der Waals surface area contributed by atoms with Crippen molar-refractivity contribution < 1.29 is 14.0 Å². The molecule has 0 aliphatic rings. The van der Waals surface area contributed by atoms with Gasteiger partial charge in [0.2, 0.25) is 11.8 Å². The van der Waals surface area contributed by atoms with Crippen molar-refractivity contribution in [1.29, 1.82) is 0 Å². The van der Waals surface area contributed by atoms with Crippen molar-refractivity contribution in [3.63, 3.8) is 0 Å². The summed E-state index contributed by atoms with van der Waals surface area (Å²) in [7, 11) is 0. The molecule has 4 nitrogen and oxygen atoms in total. The highest BCUT2D eigenvalue weighted by atomic mass is 19.1. The van der Waals surface area contributed by atoms with E-state index in [0.717, 1.165) is 11.1 Å². The molecule has 114 valence electrons. The summed E-state index contributed by atoms with van der Waals surface area (Å²) in [6, 6.07) is 13.5. The van der Waals surface area contributed by atoms with Gasteiger partial charge in [-0.1, -0.05) is 42.0 Å². The fraction of sp³-hybridized carbons (Fsp3) is 0.176. The number of hydrogen-bond acceptors (Lipinski definition) is 2. The van der Waals surface area contributed by atoms with Gasteiger partial charge >= 0.3 is 0 Å². The summed E-state index contributed by atoms with van der Waals surface area (Å²) >= 11 is 0. The van der Waals surface area contributed by atoms with E-state index in [4.69, 9.17) is 0 Å². The first-order chi connectivity index (χ1) is 10.5. The Hall–Kier alpha value is -2.69. The van der Waals surface area contributed by atoms with Crippen LogP contribution in [0.4, 0.5) is 10.1 Å². The molecule has 0 radical (unpaired) electrons. The Morgan fingerprint density at radius 1 is 1.05 bits per heavy atom. The van der Waals surface area contributed by atoms with E-state index in [1.54, 1.807) is 6.07 Å². The predicted molar refractivity (Wildman–Crippen MR) is 82.7 cm³/mol. The average molecular weight is 300 g/mol. The number of benzene rings is 2. The largest absolute Gasteiger partial charge is 0.352 e. The van der Waals surface area contributed by atoms with Crippen LogP contribution >= 0.6 is 0 Å². The SMILES string of the molecule is Cc1cccc(CNC(=O)CC(=O)Nc2ccccc2F)c1. The van der Waals surface area contributed by atoms with E-state index >= 15 is 0 Å². The van der Waals surface area contributed by atoms with Crippen LogP contribution in [0.15, 0.2) is 48.5 Å². The molecule has 2 N–H and O–H groups in total. The van der Waals surface area contributed by atoms with Crippen LogP contribution in [0.25, 0.3) is 0 Å². The van der Waals surface area contributed by atoms with Crippen molar-refractivity contribution in [1.82, 2.24) is 5.32 Å². The van der Waals surface area contributed by atoms with E-state index in [1.165, 1.54) is 18.2 Å². The van der Waals surface area contributed by atoms with E-state index in [0.29, 0.717) is 6.54 Å². The lowest BCUT2D eigenvalue weighted by atomic mass is 10.1. The van der Waals surface area contributed by atoms with Crippen molar-refractivity contribution in [3.05, 3.63) is 65.5 Å². The van der Waals surface area contributed by atoms with Gasteiger partial charge in [-0.15, -0.1) is 0 Å². The summed E-state index contributed by atoms with van der Waals surface area (Å²) in [5.41, 5.74) is 2.13. The Balaban J connectivity index is 1.82. The molecule has 0 aliphatic heterocycles. The average Bonchev–Trinajstić information content (AvgIpc) is 2.47. The van der Waals surface area contributed by atoms with Gasteiger partial charge in [0, 0.05) is 6.54 Å². The summed E-state index contributed by atoms with van der Waals surface area (Å²) in [5, 5.41) is 5.04. The zero-order chi connectivity index (χ0) is 15.9. The Labute approximate surface area is 128 Å². The molecule has 2 aromatic carbocycles. The first-order valence-electron chi connectivity index (χ1n) is 6.91. The third-order valence-corrected chi connectivity index (χ3v) is 3.04. The Bertz CT molecular complexity index is 686. The summed E-state index contributed by atoms with van der Waals surface area (Å²) in [6.45, 7) is 2.32. The van der Waals surface area contributed by atoms with Gasteiger partial charge in [0.15, 0.2) is 0 Å². The zero-order valence-electron chi connectivity index (χ0n) is 12.2. The topological polar surface area (TPSA) is 58.2 Å². The Kier molecular flexibility index (Phi) is 5.25. The molecule has 0 atom stereocenters. The Morgan fingerprint density at radius 3 is 2.55 bits per heavy atom. The quantitative estimate of drug-likeness (QED) is 0.834. The van der Waals surface area contributed by atoms with Crippen LogP contribution in [0.3, 0.4) is 0 Å².